The molecule has 78 valence electrons. The van der Waals surface area contributed by atoms with Crippen LogP contribution in [0.1, 0.15) is 11.1 Å². The van der Waals surface area contributed by atoms with Crippen LogP contribution in [0.25, 0.3) is 10.6 Å². The zero-order valence-corrected chi connectivity index (χ0v) is 9.89. The van der Waals surface area contributed by atoms with Crippen LogP contribution in [0.2, 0.25) is 0 Å². The SMILES string of the molecule is COc1ccc(-c2nccs2)c(C)c1C. The molecular weight excluding hydrogens is 206 g/mol. The van der Waals surface area contributed by atoms with Crippen molar-refractivity contribution in [3.8, 4) is 16.3 Å². The topological polar surface area (TPSA) is 22.1 Å². The van der Waals surface area contributed by atoms with Gasteiger partial charge in [-0.2, -0.15) is 0 Å². The molecule has 2 nitrogen and oxygen atoms in total. The Morgan fingerprint density at radius 3 is 2.60 bits per heavy atom. The van der Waals surface area contributed by atoms with Gasteiger partial charge in [0.2, 0.25) is 0 Å². The molecule has 0 aliphatic carbocycles. The van der Waals surface area contributed by atoms with Gasteiger partial charge in [0, 0.05) is 17.1 Å². The lowest BCUT2D eigenvalue weighted by molar-refractivity contribution is 0.411. The molecule has 0 bridgehead atoms. The van der Waals surface area contributed by atoms with E-state index in [1.165, 1.54) is 16.7 Å². The fourth-order valence-electron chi connectivity index (χ4n) is 1.61. The van der Waals surface area contributed by atoms with E-state index >= 15 is 0 Å². The second-order valence-corrected chi connectivity index (χ2v) is 4.30. The third-order valence-corrected chi connectivity index (χ3v) is 3.43. The highest BCUT2D eigenvalue weighted by molar-refractivity contribution is 7.13. The van der Waals surface area contributed by atoms with E-state index in [0.29, 0.717) is 0 Å². The predicted octanol–water partition coefficient (Wildman–Crippen LogP) is 3.44. The van der Waals surface area contributed by atoms with Crippen LogP contribution in [0.3, 0.4) is 0 Å². The van der Waals surface area contributed by atoms with Crippen molar-refractivity contribution in [3.63, 3.8) is 0 Å². The molecule has 0 radical (unpaired) electrons. The fraction of sp³-hybridized carbons (Fsp3) is 0.250. The maximum absolute atomic E-state index is 5.28. The van der Waals surface area contributed by atoms with Crippen LogP contribution in [-0.2, 0) is 0 Å². The van der Waals surface area contributed by atoms with Crippen molar-refractivity contribution in [2.45, 2.75) is 13.8 Å². The molecular formula is C12H13NOS. The van der Waals surface area contributed by atoms with Gasteiger partial charge in [-0.3, -0.25) is 0 Å². The average molecular weight is 219 g/mol. The molecule has 1 aromatic carbocycles. The van der Waals surface area contributed by atoms with E-state index in [9.17, 15) is 0 Å². The molecule has 15 heavy (non-hydrogen) atoms. The highest BCUT2D eigenvalue weighted by Crippen LogP contribution is 2.31. The van der Waals surface area contributed by atoms with Gasteiger partial charge >= 0.3 is 0 Å². The normalized spacial score (nSPS) is 10.3. The maximum Gasteiger partial charge on any atom is 0.123 e. The quantitative estimate of drug-likeness (QED) is 0.772. The van der Waals surface area contributed by atoms with Gasteiger partial charge in [0.05, 0.1) is 7.11 Å². The summed E-state index contributed by atoms with van der Waals surface area (Å²) in [7, 11) is 1.70. The standard InChI is InChI=1S/C12H13NOS/c1-8-9(2)11(14-3)5-4-10(8)12-13-6-7-15-12/h4-7H,1-3H3. The second-order valence-electron chi connectivity index (χ2n) is 3.40. The van der Waals surface area contributed by atoms with Crippen molar-refractivity contribution in [2.24, 2.45) is 0 Å². The number of rotatable bonds is 2. The number of hydrogen-bond donors (Lipinski definition) is 0. The van der Waals surface area contributed by atoms with Crippen molar-refractivity contribution in [2.75, 3.05) is 7.11 Å². The van der Waals surface area contributed by atoms with Gasteiger partial charge in [0.15, 0.2) is 0 Å². The number of ether oxygens (including phenoxy) is 1. The monoisotopic (exact) mass is 219 g/mol. The van der Waals surface area contributed by atoms with Gasteiger partial charge in [0.25, 0.3) is 0 Å². The Morgan fingerprint density at radius 2 is 2.00 bits per heavy atom. The third kappa shape index (κ3) is 1.75. The summed E-state index contributed by atoms with van der Waals surface area (Å²) in [5.74, 6) is 0.938. The molecule has 0 fully saturated rings. The summed E-state index contributed by atoms with van der Waals surface area (Å²) in [6.07, 6.45) is 1.83. The molecule has 0 aliphatic rings. The molecule has 0 unspecified atom stereocenters. The molecule has 0 atom stereocenters. The lowest BCUT2D eigenvalue weighted by Gasteiger charge is -2.10. The Morgan fingerprint density at radius 1 is 1.20 bits per heavy atom. The first-order chi connectivity index (χ1) is 7.24. The van der Waals surface area contributed by atoms with E-state index in [1.54, 1.807) is 18.4 Å². The van der Waals surface area contributed by atoms with Gasteiger partial charge in [-0.1, -0.05) is 0 Å². The number of methoxy groups -OCH3 is 1. The van der Waals surface area contributed by atoms with Gasteiger partial charge in [-0.25, -0.2) is 4.98 Å². The molecule has 2 aromatic rings. The molecule has 2 rings (SSSR count). The Kier molecular flexibility index (Phi) is 2.73. The van der Waals surface area contributed by atoms with Crippen molar-refractivity contribution >= 4 is 11.3 Å². The lowest BCUT2D eigenvalue weighted by atomic mass is 10.0. The number of aromatic nitrogens is 1. The van der Waals surface area contributed by atoms with E-state index in [0.717, 1.165) is 10.8 Å². The maximum atomic E-state index is 5.28. The van der Waals surface area contributed by atoms with Gasteiger partial charge in [-0.05, 0) is 37.1 Å². The van der Waals surface area contributed by atoms with Crippen LogP contribution in [0.15, 0.2) is 23.7 Å². The summed E-state index contributed by atoms with van der Waals surface area (Å²) in [4.78, 5) is 4.32. The van der Waals surface area contributed by atoms with Crippen LogP contribution in [0.5, 0.6) is 5.75 Å². The Hall–Kier alpha value is -1.35. The summed E-state index contributed by atoms with van der Waals surface area (Å²) in [5.41, 5.74) is 3.62. The second kappa shape index (κ2) is 4.03. The highest BCUT2D eigenvalue weighted by atomic mass is 32.1. The average Bonchev–Trinajstić information content (AvgIpc) is 2.75. The van der Waals surface area contributed by atoms with E-state index in [2.05, 4.69) is 24.9 Å². The lowest BCUT2D eigenvalue weighted by Crippen LogP contribution is -1.92. The van der Waals surface area contributed by atoms with Crippen LogP contribution < -0.4 is 4.74 Å². The molecule has 1 aromatic heterocycles. The summed E-state index contributed by atoms with van der Waals surface area (Å²) < 4.78 is 5.28. The van der Waals surface area contributed by atoms with Gasteiger partial charge in [0.1, 0.15) is 10.8 Å². The summed E-state index contributed by atoms with van der Waals surface area (Å²) in [5, 5.41) is 3.06. The van der Waals surface area contributed by atoms with Crippen LogP contribution in [-0.4, -0.2) is 12.1 Å². The molecule has 0 saturated carbocycles. The van der Waals surface area contributed by atoms with E-state index in [4.69, 9.17) is 4.74 Å². The molecule has 0 amide bonds. The smallest absolute Gasteiger partial charge is 0.123 e. The molecule has 0 spiro atoms. The van der Waals surface area contributed by atoms with E-state index in [1.807, 2.05) is 17.6 Å². The number of hydrogen-bond acceptors (Lipinski definition) is 3. The minimum absolute atomic E-state index is 0.938. The third-order valence-electron chi connectivity index (χ3n) is 2.62. The largest absolute Gasteiger partial charge is 0.496 e. The number of nitrogens with zero attached hydrogens (tertiary/aromatic N) is 1. The minimum atomic E-state index is 0.938. The molecule has 3 heteroatoms. The molecule has 0 N–H and O–H groups in total. The summed E-state index contributed by atoms with van der Waals surface area (Å²) in [6, 6.07) is 4.07. The van der Waals surface area contributed by atoms with Crippen molar-refractivity contribution in [1.29, 1.82) is 0 Å². The minimum Gasteiger partial charge on any atom is -0.496 e. The van der Waals surface area contributed by atoms with Crippen molar-refractivity contribution in [1.82, 2.24) is 4.98 Å². The zero-order chi connectivity index (χ0) is 10.8. The Balaban J connectivity index is 2.56. The number of thiazole rings is 1. The van der Waals surface area contributed by atoms with Gasteiger partial charge in [-0.15, -0.1) is 11.3 Å². The van der Waals surface area contributed by atoms with E-state index < -0.39 is 0 Å². The van der Waals surface area contributed by atoms with Crippen LogP contribution >= 0.6 is 11.3 Å². The van der Waals surface area contributed by atoms with Crippen molar-refractivity contribution < 1.29 is 4.74 Å². The van der Waals surface area contributed by atoms with E-state index in [-0.39, 0.29) is 0 Å². The summed E-state index contributed by atoms with van der Waals surface area (Å²) >= 11 is 1.66. The summed E-state index contributed by atoms with van der Waals surface area (Å²) in [6.45, 7) is 4.18. The Bertz CT molecular complexity index is 463. The zero-order valence-electron chi connectivity index (χ0n) is 9.07. The highest BCUT2D eigenvalue weighted by Gasteiger charge is 2.09. The van der Waals surface area contributed by atoms with Crippen molar-refractivity contribution in [3.05, 3.63) is 34.8 Å². The molecule has 1 heterocycles. The van der Waals surface area contributed by atoms with Crippen LogP contribution in [0, 0.1) is 13.8 Å². The van der Waals surface area contributed by atoms with Gasteiger partial charge < -0.3 is 4.74 Å². The Labute approximate surface area is 93.6 Å². The molecule has 0 aliphatic heterocycles. The first kappa shape index (κ1) is 10.2. The first-order valence-electron chi connectivity index (χ1n) is 4.78. The molecule has 0 saturated heterocycles. The van der Waals surface area contributed by atoms with Crippen LogP contribution in [0.4, 0.5) is 0 Å². The fourth-order valence-corrected chi connectivity index (χ4v) is 2.33. The first-order valence-corrected chi connectivity index (χ1v) is 5.66. The predicted molar refractivity (Wildman–Crippen MR) is 63.6 cm³/mol. The number of benzene rings is 1.